The predicted molar refractivity (Wildman–Crippen MR) is 58.4 cm³/mol. The van der Waals surface area contributed by atoms with Crippen molar-refractivity contribution in [1.82, 2.24) is 10.3 Å². The lowest BCUT2D eigenvalue weighted by Gasteiger charge is -2.25. The van der Waals surface area contributed by atoms with E-state index >= 15 is 0 Å². The van der Waals surface area contributed by atoms with Gasteiger partial charge in [-0.25, -0.2) is 0 Å². The molecular formula is C11H13N3. The first-order chi connectivity index (χ1) is 6.86. The van der Waals surface area contributed by atoms with E-state index in [1.807, 2.05) is 0 Å². The fourth-order valence-corrected chi connectivity index (χ4v) is 2.12. The summed E-state index contributed by atoms with van der Waals surface area (Å²) in [5.74, 6) is 1.25. The van der Waals surface area contributed by atoms with E-state index in [-0.39, 0.29) is 0 Å². The van der Waals surface area contributed by atoms with Gasteiger partial charge in [0, 0.05) is 30.1 Å². The molecule has 1 aliphatic heterocycles. The van der Waals surface area contributed by atoms with Crippen molar-refractivity contribution in [2.45, 2.75) is 6.54 Å². The number of hydrogen-bond acceptors (Lipinski definition) is 2. The zero-order valence-corrected chi connectivity index (χ0v) is 8.17. The van der Waals surface area contributed by atoms with Crippen LogP contribution in [-0.2, 0) is 6.54 Å². The van der Waals surface area contributed by atoms with Gasteiger partial charge in [-0.15, -0.1) is 0 Å². The lowest BCUT2D eigenvalue weighted by Crippen LogP contribution is -2.35. The Kier molecular flexibility index (Phi) is 1.55. The molecule has 0 spiro atoms. The van der Waals surface area contributed by atoms with E-state index in [1.165, 1.54) is 22.3 Å². The second-order valence-electron chi connectivity index (χ2n) is 3.78. The number of aromatic amines is 1. The van der Waals surface area contributed by atoms with Gasteiger partial charge in [0.2, 0.25) is 0 Å². The van der Waals surface area contributed by atoms with Crippen LogP contribution < -0.4 is 10.2 Å². The molecule has 0 aliphatic carbocycles. The molecule has 3 heteroatoms. The van der Waals surface area contributed by atoms with Crippen LogP contribution in [0.25, 0.3) is 10.9 Å². The largest absolute Gasteiger partial charge is 0.348 e. The maximum absolute atomic E-state index is 3.45. The van der Waals surface area contributed by atoms with Crippen LogP contribution >= 0.6 is 0 Å². The molecule has 0 saturated carbocycles. The minimum absolute atomic E-state index is 0.916. The minimum Gasteiger partial charge on any atom is -0.348 e. The van der Waals surface area contributed by atoms with E-state index < -0.39 is 0 Å². The molecule has 2 heterocycles. The second-order valence-corrected chi connectivity index (χ2v) is 3.78. The standard InChI is InChI=1S/C11H13N3/c1-14-7-12-6-9-8-4-2-3-5-10(8)13-11(9)14/h2-5,12-13H,6-7H2,1H3. The van der Waals surface area contributed by atoms with Gasteiger partial charge in [0.25, 0.3) is 0 Å². The minimum atomic E-state index is 0.916. The van der Waals surface area contributed by atoms with Crippen molar-refractivity contribution in [1.29, 1.82) is 0 Å². The second kappa shape index (κ2) is 2.75. The van der Waals surface area contributed by atoms with Crippen LogP contribution in [0.3, 0.4) is 0 Å². The summed E-state index contributed by atoms with van der Waals surface area (Å²) >= 11 is 0. The molecule has 0 radical (unpaired) electrons. The molecule has 0 atom stereocenters. The Bertz CT molecular complexity index is 472. The molecule has 0 unspecified atom stereocenters. The lowest BCUT2D eigenvalue weighted by molar-refractivity contribution is 0.645. The number of nitrogens with one attached hydrogen (secondary N) is 2. The Balaban J connectivity index is 2.32. The number of para-hydroxylation sites is 1. The van der Waals surface area contributed by atoms with Crippen LogP contribution in [0.1, 0.15) is 5.56 Å². The van der Waals surface area contributed by atoms with E-state index in [1.54, 1.807) is 0 Å². The van der Waals surface area contributed by atoms with Gasteiger partial charge in [-0.2, -0.15) is 0 Å². The molecule has 0 amide bonds. The van der Waals surface area contributed by atoms with E-state index in [0.29, 0.717) is 0 Å². The van der Waals surface area contributed by atoms with Gasteiger partial charge in [0.05, 0.1) is 6.67 Å². The number of fused-ring (bicyclic) bond motifs is 3. The molecule has 0 bridgehead atoms. The third-order valence-electron chi connectivity index (χ3n) is 2.82. The number of aromatic nitrogens is 1. The summed E-state index contributed by atoms with van der Waals surface area (Å²) in [6, 6.07) is 8.45. The SMILES string of the molecule is CN1CNCc2c1[nH]c1ccccc21. The summed E-state index contributed by atoms with van der Waals surface area (Å²) < 4.78 is 0. The van der Waals surface area contributed by atoms with E-state index in [9.17, 15) is 0 Å². The molecule has 3 nitrogen and oxygen atoms in total. The molecule has 1 aliphatic rings. The molecule has 2 N–H and O–H groups in total. The van der Waals surface area contributed by atoms with Gasteiger partial charge < -0.3 is 9.88 Å². The first-order valence-corrected chi connectivity index (χ1v) is 4.88. The fraction of sp³-hybridized carbons (Fsp3) is 0.273. The molecule has 1 aromatic carbocycles. The zero-order chi connectivity index (χ0) is 9.54. The maximum atomic E-state index is 3.45. The first kappa shape index (κ1) is 7.88. The van der Waals surface area contributed by atoms with Crippen LogP contribution in [0.2, 0.25) is 0 Å². The third kappa shape index (κ3) is 0.960. The Morgan fingerprint density at radius 1 is 1.29 bits per heavy atom. The van der Waals surface area contributed by atoms with Crippen LogP contribution in [0.4, 0.5) is 5.82 Å². The molecule has 1 aromatic heterocycles. The summed E-state index contributed by atoms with van der Waals surface area (Å²) in [6.07, 6.45) is 0. The molecule has 3 rings (SSSR count). The Labute approximate surface area is 82.7 Å². The topological polar surface area (TPSA) is 31.1 Å². The average molecular weight is 187 g/mol. The van der Waals surface area contributed by atoms with Crippen LogP contribution in [-0.4, -0.2) is 18.7 Å². The number of anilines is 1. The van der Waals surface area contributed by atoms with Crippen molar-refractivity contribution in [2.75, 3.05) is 18.6 Å². The highest BCUT2D eigenvalue weighted by molar-refractivity contribution is 5.89. The highest BCUT2D eigenvalue weighted by atomic mass is 15.3. The van der Waals surface area contributed by atoms with E-state index in [4.69, 9.17) is 0 Å². The summed E-state index contributed by atoms with van der Waals surface area (Å²) in [5, 5.41) is 4.71. The van der Waals surface area contributed by atoms with Crippen molar-refractivity contribution in [2.24, 2.45) is 0 Å². The molecule has 0 saturated heterocycles. The smallest absolute Gasteiger partial charge is 0.112 e. The van der Waals surface area contributed by atoms with Crippen LogP contribution in [0.15, 0.2) is 24.3 Å². The highest BCUT2D eigenvalue weighted by Crippen LogP contribution is 2.29. The molecule has 0 fully saturated rings. The molecular weight excluding hydrogens is 174 g/mol. The first-order valence-electron chi connectivity index (χ1n) is 4.88. The van der Waals surface area contributed by atoms with Gasteiger partial charge in [-0.1, -0.05) is 18.2 Å². The van der Waals surface area contributed by atoms with Crippen molar-refractivity contribution < 1.29 is 0 Å². The summed E-state index contributed by atoms with van der Waals surface area (Å²) in [5.41, 5.74) is 2.61. The van der Waals surface area contributed by atoms with Crippen molar-refractivity contribution in [3.63, 3.8) is 0 Å². The monoisotopic (exact) mass is 187 g/mol. The van der Waals surface area contributed by atoms with Crippen molar-refractivity contribution >= 4 is 16.7 Å². The van der Waals surface area contributed by atoms with E-state index in [0.717, 1.165) is 13.2 Å². The Morgan fingerprint density at radius 3 is 3.07 bits per heavy atom. The highest BCUT2D eigenvalue weighted by Gasteiger charge is 2.17. The van der Waals surface area contributed by atoms with E-state index in [2.05, 4.69) is 46.5 Å². The Hall–Kier alpha value is -1.48. The van der Waals surface area contributed by atoms with Gasteiger partial charge in [-0.3, -0.25) is 5.32 Å². The van der Waals surface area contributed by atoms with Gasteiger partial charge in [-0.05, 0) is 6.07 Å². The normalized spacial score (nSPS) is 15.9. The average Bonchev–Trinajstić information content (AvgIpc) is 2.59. The number of hydrogen-bond donors (Lipinski definition) is 2. The number of nitrogens with zero attached hydrogens (tertiary/aromatic N) is 1. The summed E-state index contributed by atoms with van der Waals surface area (Å²) in [4.78, 5) is 5.66. The number of benzene rings is 1. The van der Waals surface area contributed by atoms with Gasteiger partial charge in [0.1, 0.15) is 5.82 Å². The molecule has 72 valence electrons. The van der Waals surface area contributed by atoms with Crippen molar-refractivity contribution in [3.8, 4) is 0 Å². The van der Waals surface area contributed by atoms with Gasteiger partial charge >= 0.3 is 0 Å². The van der Waals surface area contributed by atoms with Gasteiger partial charge in [0.15, 0.2) is 0 Å². The number of H-pyrrole nitrogens is 1. The summed E-state index contributed by atoms with van der Waals surface area (Å²) in [6.45, 7) is 1.88. The third-order valence-corrected chi connectivity index (χ3v) is 2.82. The number of rotatable bonds is 0. The maximum Gasteiger partial charge on any atom is 0.112 e. The summed E-state index contributed by atoms with van der Waals surface area (Å²) in [7, 11) is 2.10. The van der Waals surface area contributed by atoms with Crippen LogP contribution in [0.5, 0.6) is 0 Å². The quantitative estimate of drug-likeness (QED) is 0.657. The zero-order valence-electron chi connectivity index (χ0n) is 8.17. The Morgan fingerprint density at radius 2 is 2.14 bits per heavy atom. The fourth-order valence-electron chi connectivity index (χ4n) is 2.12. The molecule has 2 aromatic rings. The molecule has 14 heavy (non-hydrogen) atoms. The lowest BCUT2D eigenvalue weighted by atomic mass is 10.1. The van der Waals surface area contributed by atoms with Crippen LogP contribution in [0, 0.1) is 0 Å². The van der Waals surface area contributed by atoms with Crippen molar-refractivity contribution in [3.05, 3.63) is 29.8 Å². The predicted octanol–water partition coefficient (Wildman–Crippen LogP) is 1.66.